The molecule has 0 saturated carbocycles. The first kappa shape index (κ1) is 18.5. The molecule has 3 rings (SSSR count). The van der Waals surface area contributed by atoms with Crippen LogP contribution in [0.3, 0.4) is 0 Å². The van der Waals surface area contributed by atoms with E-state index in [4.69, 9.17) is 20.6 Å². The number of carbonyl (C=O) groups is 1. The zero-order valence-corrected chi connectivity index (χ0v) is 15.1. The molecule has 1 aliphatic rings. The Morgan fingerprint density at radius 3 is 2.30 bits per heavy atom. The maximum atomic E-state index is 11.6. The molecule has 140 valence electrons. The van der Waals surface area contributed by atoms with E-state index in [-0.39, 0.29) is 5.91 Å². The summed E-state index contributed by atoms with van der Waals surface area (Å²) in [6, 6.07) is 14.7. The first-order valence-corrected chi connectivity index (χ1v) is 8.91. The van der Waals surface area contributed by atoms with Crippen molar-refractivity contribution >= 4 is 17.8 Å². The lowest BCUT2D eigenvalue weighted by atomic mass is 10.1. The van der Waals surface area contributed by atoms with Crippen molar-refractivity contribution in [3.8, 4) is 17.2 Å². The molecule has 1 saturated heterocycles. The van der Waals surface area contributed by atoms with Crippen molar-refractivity contribution in [1.29, 1.82) is 5.41 Å². The highest BCUT2D eigenvalue weighted by Crippen LogP contribution is 2.25. The van der Waals surface area contributed by atoms with Gasteiger partial charge in [0.05, 0.1) is 6.54 Å². The summed E-state index contributed by atoms with van der Waals surface area (Å²) in [5.41, 5.74) is 7.22. The van der Waals surface area contributed by atoms with Crippen LogP contribution in [0.2, 0.25) is 0 Å². The molecule has 0 unspecified atom stereocenters. The zero-order valence-electron chi connectivity index (χ0n) is 15.1. The number of allylic oxidation sites excluding steroid dienone is 1. The lowest BCUT2D eigenvalue weighted by molar-refractivity contribution is -0.128. The van der Waals surface area contributed by atoms with Gasteiger partial charge in [0.25, 0.3) is 0 Å². The molecule has 1 amide bonds. The van der Waals surface area contributed by atoms with Crippen LogP contribution in [0.15, 0.2) is 54.6 Å². The van der Waals surface area contributed by atoms with Crippen LogP contribution >= 0.6 is 0 Å². The molecule has 2 aromatic rings. The molecule has 0 aliphatic carbocycles. The molecular formula is C21H23N3O3. The molecule has 6 heteroatoms. The molecule has 2 aromatic carbocycles. The van der Waals surface area contributed by atoms with E-state index in [1.165, 1.54) is 6.08 Å². The monoisotopic (exact) mass is 365 g/mol. The summed E-state index contributed by atoms with van der Waals surface area (Å²) >= 11 is 0. The van der Waals surface area contributed by atoms with Gasteiger partial charge in [-0.1, -0.05) is 0 Å². The first-order valence-electron chi connectivity index (χ1n) is 8.91. The lowest BCUT2D eigenvalue weighted by Crippen LogP contribution is -2.29. The number of nitrogens with one attached hydrogen (secondary N) is 1. The minimum Gasteiger partial charge on any atom is -0.492 e. The molecule has 0 bridgehead atoms. The van der Waals surface area contributed by atoms with Gasteiger partial charge in [-0.25, -0.2) is 0 Å². The van der Waals surface area contributed by atoms with Crippen LogP contribution in [-0.2, 0) is 4.79 Å². The Hall–Kier alpha value is -3.28. The second kappa shape index (κ2) is 8.89. The fraction of sp³-hybridized carbons (Fsp3) is 0.238. The predicted octanol–water partition coefficient (Wildman–Crippen LogP) is 3.43. The number of ether oxygens (including phenoxy) is 2. The average molecular weight is 365 g/mol. The zero-order chi connectivity index (χ0) is 19.1. The lowest BCUT2D eigenvalue weighted by Gasteiger charge is -2.15. The van der Waals surface area contributed by atoms with Crippen LogP contribution in [0.4, 0.5) is 0 Å². The van der Waals surface area contributed by atoms with Gasteiger partial charge in [-0.3, -0.25) is 4.79 Å². The van der Waals surface area contributed by atoms with E-state index in [1.54, 1.807) is 0 Å². The summed E-state index contributed by atoms with van der Waals surface area (Å²) in [4.78, 5) is 13.4. The topological polar surface area (TPSA) is 88.6 Å². The summed E-state index contributed by atoms with van der Waals surface area (Å²) in [6.45, 7) is 1.94. The Balaban J connectivity index is 1.50. The van der Waals surface area contributed by atoms with Crippen molar-refractivity contribution in [1.82, 2.24) is 4.90 Å². The number of benzene rings is 2. The van der Waals surface area contributed by atoms with Crippen molar-refractivity contribution in [3.05, 3.63) is 60.2 Å². The molecule has 0 radical (unpaired) electrons. The van der Waals surface area contributed by atoms with Gasteiger partial charge in [0.15, 0.2) is 0 Å². The number of hydrogen-bond donors (Lipinski definition) is 2. The summed E-state index contributed by atoms with van der Waals surface area (Å²) < 4.78 is 11.5. The smallest absolute Gasteiger partial charge is 0.222 e. The van der Waals surface area contributed by atoms with E-state index in [0.29, 0.717) is 36.8 Å². The molecule has 3 N–H and O–H groups in total. The van der Waals surface area contributed by atoms with Crippen LogP contribution in [-0.4, -0.2) is 36.7 Å². The Bertz CT molecular complexity index is 814. The van der Waals surface area contributed by atoms with Crippen LogP contribution in [0.5, 0.6) is 17.2 Å². The van der Waals surface area contributed by atoms with E-state index in [1.807, 2.05) is 53.4 Å². The summed E-state index contributed by atoms with van der Waals surface area (Å²) in [5, 5.41) is 7.05. The third-order valence-corrected chi connectivity index (χ3v) is 4.31. The van der Waals surface area contributed by atoms with E-state index < -0.39 is 0 Å². The Morgan fingerprint density at radius 1 is 1.07 bits per heavy atom. The first-order chi connectivity index (χ1) is 13.2. The highest BCUT2D eigenvalue weighted by atomic mass is 16.5. The SMILES string of the molecule is N=C/C=C(\N)c1ccc(Oc2ccc(OCCN3CCCC3=O)cc2)cc1. The predicted molar refractivity (Wildman–Crippen MR) is 105 cm³/mol. The van der Waals surface area contributed by atoms with Gasteiger partial charge < -0.3 is 25.5 Å². The Morgan fingerprint density at radius 2 is 1.70 bits per heavy atom. The number of amides is 1. The van der Waals surface area contributed by atoms with Gasteiger partial charge >= 0.3 is 0 Å². The molecule has 6 nitrogen and oxygen atoms in total. The molecule has 0 aromatic heterocycles. The van der Waals surface area contributed by atoms with E-state index >= 15 is 0 Å². The molecule has 0 spiro atoms. The second-order valence-corrected chi connectivity index (χ2v) is 6.22. The van der Waals surface area contributed by atoms with Gasteiger partial charge in [0.1, 0.15) is 23.9 Å². The highest BCUT2D eigenvalue weighted by Gasteiger charge is 2.19. The van der Waals surface area contributed by atoms with Crippen molar-refractivity contribution in [2.24, 2.45) is 5.73 Å². The highest BCUT2D eigenvalue weighted by molar-refractivity contribution is 5.81. The van der Waals surface area contributed by atoms with Crippen LogP contribution in [0.25, 0.3) is 5.70 Å². The van der Waals surface area contributed by atoms with E-state index in [2.05, 4.69) is 0 Å². The Labute approximate surface area is 158 Å². The largest absolute Gasteiger partial charge is 0.492 e. The van der Waals surface area contributed by atoms with Crippen LogP contribution in [0.1, 0.15) is 18.4 Å². The maximum absolute atomic E-state index is 11.6. The van der Waals surface area contributed by atoms with Crippen molar-refractivity contribution in [2.45, 2.75) is 12.8 Å². The molecular weight excluding hydrogens is 342 g/mol. The molecule has 27 heavy (non-hydrogen) atoms. The van der Waals surface area contributed by atoms with Gasteiger partial charge in [-0.2, -0.15) is 0 Å². The fourth-order valence-corrected chi connectivity index (χ4v) is 2.86. The number of nitrogens with two attached hydrogens (primary N) is 1. The third kappa shape index (κ3) is 5.10. The quantitative estimate of drug-likeness (QED) is 0.702. The van der Waals surface area contributed by atoms with Gasteiger partial charge in [0, 0.05) is 24.9 Å². The minimum atomic E-state index is 0.212. The number of likely N-dealkylation sites (tertiary alicyclic amines) is 1. The normalized spacial score (nSPS) is 14.3. The van der Waals surface area contributed by atoms with Crippen LogP contribution in [0, 0.1) is 5.41 Å². The molecule has 1 fully saturated rings. The van der Waals surface area contributed by atoms with Gasteiger partial charge in [-0.05, 0) is 66.6 Å². The average Bonchev–Trinajstić information content (AvgIpc) is 3.09. The second-order valence-electron chi connectivity index (χ2n) is 6.22. The summed E-state index contributed by atoms with van der Waals surface area (Å²) in [6.07, 6.45) is 4.29. The van der Waals surface area contributed by atoms with Crippen LogP contribution < -0.4 is 15.2 Å². The molecule has 1 heterocycles. The van der Waals surface area contributed by atoms with E-state index in [0.717, 1.165) is 30.5 Å². The van der Waals surface area contributed by atoms with Crippen molar-refractivity contribution < 1.29 is 14.3 Å². The number of rotatable bonds is 8. The fourth-order valence-electron chi connectivity index (χ4n) is 2.86. The number of nitrogens with zero attached hydrogens (tertiary/aromatic N) is 1. The molecule has 0 atom stereocenters. The van der Waals surface area contributed by atoms with Crippen molar-refractivity contribution in [3.63, 3.8) is 0 Å². The number of hydrogen-bond acceptors (Lipinski definition) is 5. The minimum absolute atomic E-state index is 0.212. The van der Waals surface area contributed by atoms with E-state index in [9.17, 15) is 4.79 Å². The maximum Gasteiger partial charge on any atom is 0.222 e. The number of carbonyl (C=O) groups excluding carboxylic acids is 1. The molecule has 1 aliphatic heterocycles. The van der Waals surface area contributed by atoms with Gasteiger partial charge in [-0.15, -0.1) is 0 Å². The Kier molecular flexibility index (Phi) is 6.10. The summed E-state index contributed by atoms with van der Waals surface area (Å²) in [5.74, 6) is 2.35. The van der Waals surface area contributed by atoms with Crippen molar-refractivity contribution in [2.75, 3.05) is 19.7 Å². The standard InChI is InChI=1S/C21H23N3O3/c22-12-11-20(23)16-3-5-18(6-4-16)27-19-9-7-17(8-10-19)26-15-14-24-13-1-2-21(24)25/h3-12,22H,1-2,13-15,23H2/b20-11-,22-12?. The van der Waals surface area contributed by atoms with Gasteiger partial charge in [0.2, 0.25) is 5.91 Å². The summed E-state index contributed by atoms with van der Waals surface area (Å²) in [7, 11) is 0. The third-order valence-electron chi connectivity index (χ3n) is 4.31.